The number of benzene rings is 2. The third-order valence-electron chi connectivity index (χ3n) is 7.03. The van der Waals surface area contributed by atoms with Gasteiger partial charge in [-0.2, -0.15) is 0 Å². The molecule has 0 aromatic heterocycles. The van der Waals surface area contributed by atoms with E-state index in [-0.39, 0.29) is 5.92 Å². The van der Waals surface area contributed by atoms with E-state index in [4.69, 9.17) is 4.74 Å². The SMILES string of the molecule is COc1ccccc1CN1CCC(C(=O)N2CCN(c3cccc(C)c3C)CC2)CC1. The van der Waals surface area contributed by atoms with Gasteiger partial charge in [0, 0.05) is 49.9 Å². The summed E-state index contributed by atoms with van der Waals surface area (Å²) in [6.07, 6.45) is 1.90. The molecule has 2 aliphatic rings. The van der Waals surface area contributed by atoms with Gasteiger partial charge in [-0.1, -0.05) is 30.3 Å². The Morgan fingerprint density at radius 3 is 2.35 bits per heavy atom. The van der Waals surface area contributed by atoms with Crippen molar-refractivity contribution in [3.8, 4) is 5.75 Å². The number of para-hydroxylation sites is 1. The number of rotatable bonds is 5. The van der Waals surface area contributed by atoms with Gasteiger partial charge in [0.2, 0.25) is 5.91 Å². The van der Waals surface area contributed by atoms with E-state index < -0.39 is 0 Å². The second-order valence-corrected chi connectivity index (χ2v) is 8.89. The Morgan fingerprint density at radius 2 is 1.65 bits per heavy atom. The molecule has 5 heteroatoms. The molecule has 0 saturated carbocycles. The summed E-state index contributed by atoms with van der Waals surface area (Å²) < 4.78 is 5.49. The molecule has 2 fully saturated rings. The van der Waals surface area contributed by atoms with E-state index in [1.807, 2.05) is 12.1 Å². The average Bonchev–Trinajstić information content (AvgIpc) is 2.81. The van der Waals surface area contributed by atoms with Gasteiger partial charge in [-0.05, 0) is 63.0 Å². The first-order valence-electron chi connectivity index (χ1n) is 11.5. The van der Waals surface area contributed by atoms with Gasteiger partial charge in [0.15, 0.2) is 0 Å². The molecule has 31 heavy (non-hydrogen) atoms. The smallest absolute Gasteiger partial charge is 0.225 e. The van der Waals surface area contributed by atoms with Crippen LogP contribution in [-0.2, 0) is 11.3 Å². The van der Waals surface area contributed by atoms with E-state index >= 15 is 0 Å². The lowest BCUT2D eigenvalue weighted by molar-refractivity contribution is -0.137. The number of hydrogen-bond donors (Lipinski definition) is 0. The van der Waals surface area contributed by atoms with Crippen molar-refractivity contribution in [1.29, 1.82) is 0 Å². The fourth-order valence-electron chi connectivity index (χ4n) is 4.92. The number of amides is 1. The molecular weight excluding hydrogens is 386 g/mol. The fraction of sp³-hybridized carbons (Fsp3) is 0.500. The molecule has 5 nitrogen and oxygen atoms in total. The number of carbonyl (C=O) groups excluding carboxylic acids is 1. The second-order valence-electron chi connectivity index (χ2n) is 8.89. The van der Waals surface area contributed by atoms with Crippen LogP contribution in [0.5, 0.6) is 5.75 Å². The molecule has 2 heterocycles. The normalized spacial score (nSPS) is 18.3. The molecule has 0 N–H and O–H groups in total. The van der Waals surface area contributed by atoms with Crippen molar-refractivity contribution >= 4 is 11.6 Å². The molecule has 2 aromatic rings. The number of piperidine rings is 1. The molecule has 0 aliphatic carbocycles. The zero-order chi connectivity index (χ0) is 21.8. The Labute approximate surface area is 186 Å². The summed E-state index contributed by atoms with van der Waals surface area (Å²) in [5.74, 6) is 1.47. The summed E-state index contributed by atoms with van der Waals surface area (Å²) in [6, 6.07) is 14.7. The summed E-state index contributed by atoms with van der Waals surface area (Å²) in [7, 11) is 1.73. The number of hydrogen-bond acceptors (Lipinski definition) is 4. The van der Waals surface area contributed by atoms with Crippen LogP contribution < -0.4 is 9.64 Å². The largest absolute Gasteiger partial charge is 0.496 e. The van der Waals surface area contributed by atoms with Crippen LogP contribution >= 0.6 is 0 Å². The molecule has 1 amide bonds. The maximum atomic E-state index is 13.2. The highest BCUT2D eigenvalue weighted by molar-refractivity contribution is 5.79. The average molecular weight is 422 g/mol. The van der Waals surface area contributed by atoms with Crippen molar-refractivity contribution in [1.82, 2.24) is 9.80 Å². The predicted octanol–water partition coefficient (Wildman–Crippen LogP) is 3.87. The maximum Gasteiger partial charge on any atom is 0.225 e. The molecule has 166 valence electrons. The number of likely N-dealkylation sites (tertiary alicyclic amines) is 1. The zero-order valence-corrected chi connectivity index (χ0v) is 19.1. The molecule has 2 aromatic carbocycles. The lowest BCUT2D eigenvalue weighted by Crippen LogP contribution is -2.51. The van der Waals surface area contributed by atoms with E-state index in [9.17, 15) is 4.79 Å². The number of nitrogens with zero attached hydrogens (tertiary/aromatic N) is 3. The topological polar surface area (TPSA) is 36.0 Å². The highest BCUT2D eigenvalue weighted by Gasteiger charge is 2.30. The van der Waals surface area contributed by atoms with Crippen molar-refractivity contribution in [2.45, 2.75) is 33.2 Å². The van der Waals surface area contributed by atoms with Gasteiger partial charge in [0.1, 0.15) is 5.75 Å². The molecule has 0 bridgehead atoms. The predicted molar refractivity (Wildman–Crippen MR) is 126 cm³/mol. The van der Waals surface area contributed by atoms with Gasteiger partial charge >= 0.3 is 0 Å². The van der Waals surface area contributed by atoms with Gasteiger partial charge in [-0.3, -0.25) is 9.69 Å². The molecule has 0 atom stereocenters. The minimum absolute atomic E-state index is 0.168. The number of piperazine rings is 1. The van der Waals surface area contributed by atoms with Gasteiger partial charge in [-0.25, -0.2) is 0 Å². The van der Waals surface area contributed by atoms with Crippen LogP contribution in [0.25, 0.3) is 0 Å². The van der Waals surface area contributed by atoms with Crippen molar-refractivity contribution in [2.75, 3.05) is 51.3 Å². The van der Waals surface area contributed by atoms with E-state index in [1.165, 1.54) is 22.4 Å². The zero-order valence-electron chi connectivity index (χ0n) is 19.1. The van der Waals surface area contributed by atoms with Crippen LogP contribution in [0, 0.1) is 19.8 Å². The number of aryl methyl sites for hydroxylation is 1. The second kappa shape index (κ2) is 9.73. The first-order valence-corrected chi connectivity index (χ1v) is 11.5. The summed E-state index contributed by atoms with van der Waals surface area (Å²) in [5.41, 5.74) is 5.22. The van der Waals surface area contributed by atoms with Gasteiger partial charge < -0.3 is 14.5 Å². The molecule has 2 saturated heterocycles. The third kappa shape index (κ3) is 4.87. The number of methoxy groups -OCH3 is 1. The third-order valence-corrected chi connectivity index (χ3v) is 7.03. The summed E-state index contributed by atoms with van der Waals surface area (Å²) >= 11 is 0. The van der Waals surface area contributed by atoms with Crippen molar-refractivity contribution in [3.05, 3.63) is 59.2 Å². The van der Waals surface area contributed by atoms with Gasteiger partial charge in [0.05, 0.1) is 7.11 Å². The Kier molecular flexibility index (Phi) is 6.81. The van der Waals surface area contributed by atoms with Crippen LogP contribution in [0.2, 0.25) is 0 Å². The lowest BCUT2D eigenvalue weighted by Gasteiger charge is -2.40. The van der Waals surface area contributed by atoms with Crippen LogP contribution in [0.3, 0.4) is 0 Å². The van der Waals surface area contributed by atoms with Crippen molar-refractivity contribution in [3.63, 3.8) is 0 Å². The number of ether oxygens (including phenoxy) is 1. The van der Waals surface area contributed by atoms with E-state index in [0.717, 1.165) is 64.4 Å². The van der Waals surface area contributed by atoms with Crippen LogP contribution in [0.4, 0.5) is 5.69 Å². The molecule has 0 spiro atoms. The Bertz CT molecular complexity index is 897. The van der Waals surface area contributed by atoms with Crippen LogP contribution in [0.15, 0.2) is 42.5 Å². The first kappa shape index (κ1) is 21.7. The van der Waals surface area contributed by atoms with Gasteiger partial charge in [0.25, 0.3) is 0 Å². The lowest BCUT2D eigenvalue weighted by atomic mass is 9.94. The van der Waals surface area contributed by atoms with Crippen LogP contribution in [0.1, 0.15) is 29.5 Å². The Morgan fingerprint density at radius 1 is 0.935 bits per heavy atom. The van der Waals surface area contributed by atoms with E-state index in [2.05, 4.69) is 58.9 Å². The van der Waals surface area contributed by atoms with E-state index in [0.29, 0.717) is 5.91 Å². The molecular formula is C26H35N3O2. The van der Waals surface area contributed by atoms with Crippen molar-refractivity contribution < 1.29 is 9.53 Å². The van der Waals surface area contributed by atoms with Crippen molar-refractivity contribution in [2.24, 2.45) is 5.92 Å². The Hall–Kier alpha value is -2.53. The monoisotopic (exact) mass is 421 g/mol. The molecule has 0 unspecified atom stereocenters. The highest BCUT2D eigenvalue weighted by atomic mass is 16.5. The number of carbonyl (C=O) groups is 1. The van der Waals surface area contributed by atoms with Gasteiger partial charge in [-0.15, -0.1) is 0 Å². The quantitative estimate of drug-likeness (QED) is 0.734. The summed E-state index contributed by atoms with van der Waals surface area (Å²) in [6.45, 7) is 10.7. The van der Waals surface area contributed by atoms with Crippen LogP contribution in [-0.4, -0.2) is 62.1 Å². The summed E-state index contributed by atoms with van der Waals surface area (Å²) in [5, 5.41) is 0. The molecule has 2 aliphatic heterocycles. The number of anilines is 1. The molecule has 0 radical (unpaired) electrons. The minimum Gasteiger partial charge on any atom is -0.496 e. The highest BCUT2D eigenvalue weighted by Crippen LogP contribution is 2.27. The first-order chi connectivity index (χ1) is 15.1. The standard InChI is InChI=1S/C26H35N3O2/c1-20-7-6-9-24(21(20)2)28-15-17-29(18-16-28)26(30)22-11-13-27(14-12-22)19-23-8-4-5-10-25(23)31-3/h4-10,22H,11-19H2,1-3H3. The van der Waals surface area contributed by atoms with E-state index in [1.54, 1.807) is 7.11 Å². The molecule has 4 rings (SSSR count). The fourth-order valence-corrected chi connectivity index (χ4v) is 4.92. The summed E-state index contributed by atoms with van der Waals surface area (Å²) in [4.78, 5) is 20.1. The Balaban J connectivity index is 1.27. The maximum absolute atomic E-state index is 13.2. The minimum atomic E-state index is 0.168.